The third-order valence-corrected chi connectivity index (χ3v) is 4.40. The van der Waals surface area contributed by atoms with Crippen LogP contribution in [0.4, 0.5) is 32.0 Å². The van der Waals surface area contributed by atoms with E-state index in [4.69, 9.17) is 5.26 Å². The highest BCUT2D eigenvalue weighted by molar-refractivity contribution is 7.99. The van der Waals surface area contributed by atoms with E-state index in [1.54, 1.807) is 29.7 Å². The van der Waals surface area contributed by atoms with Gasteiger partial charge in [-0.05, 0) is 24.3 Å². The molecule has 0 aliphatic heterocycles. The number of nitriles is 1. The van der Waals surface area contributed by atoms with Crippen LogP contribution in [0, 0.1) is 11.3 Å². The highest BCUT2D eigenvalue weighted by Crippen LogP contribution is 2.50. The van der Waals surface area contributed by atoms with E-state index in [1.807, 2.05) is 24.3 Å². The summed E-state index contributed by atoms with van der Waals surface area (Å²) in [4.78, 5) is 0. The van der Waals surface area contributed by atoms with Gasteiger partial charge >= 0.3 is 12.4 Å². The highest BCUT2D eigenvalue weighted by Gasteiger charge is 2.71. The van der Waals surface area contributed by atoms with Crippen molar-refractivity contribution in [3.8, 4) is 6.07 Å². The first-order valence-electron chi connectivity index (χ1n) is 7.57. The Balaban J connectivity index is 0.000000406. The van der Waals surface area contributed by atoms with Gasteiger partial charge in [-0.25, -0.2) is 0 Å². The molecule has 28 heavy (non-hydrogen) atoms. The molecular weight excluding hydrogens is 406 g/mol. The monoisotopic (exact) mass is 422 g/mol. The second-order valence-corrected chi connectivity index (χ2v) is 6.32. The van der Waals surface area contributed by atoms with Crippen molar-refractivity contribution in [2.75, 3.05) is 17.6 Å². The molecule has 0 aromatic heterocycles. The van der Waals surface area contributed by atoms with Crippen LogP contribution in [-0.2, 0) is 5.60 Å². The number of hydrogen-bond acceptors (Lipinski definition) is 4. The van der Waals surface area contributed by atoms with E-state index in [2.05, 4.69) is 0 Å². The molecule has 10 heteroatoms. The number of hydrogen-bond donors (Lipinski definition) is 1. The Morgan fingerprint density at radius 1 is 0.893 bits per heavy atom. The molecule has 0 saturated carbocycles. The van der Waals surface area contributed by atoms with Crippen molar-refractivity contribution in [1.82, 2.24) is 0 Å². The quantitative estimate of drug-likeness (QED) is 0.541. The zero-order valence-corrected chi connectivity index (χ0v) is 15.5. The van der Waals surface area contributed by atoms with Crippen LogP contribution in [0.2, 0.25) is 0 Å². The van der Waals surface area contributed by atoms with Crippen LogP contribution >= 0.6 is 11.9 Å². The van der Waals surface area contributed by atoms with Crippen LogP contribution in [-0.4, -0.2) is 30.8 Å². The minimum atomic E-state index is -5.86. The first-order chi connectivity index (χ1) is 12.9. The van der Waals surface area contributed by atoms with Gasteiger partial charge in [0.1, 0.15) is 0 Å². The van der Waals surface area contributed by atoms with Gasteiger partial charge in [-0.15, -0.1) is 0 Å². The summed E-state index contributed by atoms with van der Waals surface area (Å²) in [5, 5.41) is 17.5. The highest BCUT2D eigenvalue weighted by atomic mass is 32.2. The molecule has 0 saturated heterocycles. The molecule has 0 atom stereocenters. The predicted molar refractivity (Wildman–Crippen MR) is 95.5 cm³/mol. The van der Waals surface area contributed by atoms with Crippen molar-refractivity contribution in [3.05, 3.63) is 65.7 Å². The zero-order valence-electron chi connectivity index (χ0n) is 14.7. The predicted octanol–water partition coefficient (Wildman–Crippen LogP) is 5.27. The summed E-state index contributed by atoms with van der Waals surface area (Å²) in [7, 11) is 1.60. The number of halogens is 6. The lowest BCUT2D eigenvalue weighted by molar-refractivity contribution is -0.376. The van der Waals surface area contributed by atoms with Crippen LogP contribution in [0.3, 0.4) is 0 Å². The Hall–Kier alpha value is -2.38. The third-order valence-electron chi connectivity index (χ3n) is 3.65. The van der Waals surface area contributed by atoms with Crippen molar-refractivity contribution < 1.29 is 31.4 Å². The van der Waals surface area contributed by atoms with Gasteiger partial charge in [0.25, 0.3) is 5.60 Å². The van der Waals surface area contributed by atoms with Crippen LogP contribution in [0.25, 0.3) is 0 Å². The van der Waals surface area contributed by atoms with Crippen molar-refractivity contribution in [2.24, 2.45) is 0 Å². The van der Waals surface area contributed by atoms with Gasteiger partial charge in [0.15, 0.2) is 0 Å². The first kappa shape index (κ1) is 23.7. The molecule has 1 N–H and O–H groups in total. The molecule has 0 aliphatic carbocycles. The minimum Gasteiger partial charge on any atom is -0.369 e. The minimum absolute atomic E-state index is 0.410. The fraction of sp³-hybridized carbons (Fsp3) is 0.278. The smallest absolute Gasteiger partial charge is 0.369 e. The molecule has 0 heterocycles. The molecule has 0 fully saturated rings. The van der Waals surface area contributed by atoms with Gasteiger partial charge in [0.2, 0.25) is 0 Å². The normalized spacial score (nSPS) is 11.9. The maximum Gasteiger partial charge on any atom is 0.430 e. The largest absolute Gasteiger partial charge is 0.430 e. The average molecular weight is 422 g/mol. The van der Waals surface area contributed by atoms with Crippen LogP contribution in [0.5, 0.6) is 0 Å². The fourth-order valence-corrected chi connectivity index (χ4v) is 2.35. The van der Waals surface area contributed by atoms with Gasteiger partial charge in [-0.1, -0.05) is 42.3 Å². The second-order valence-electron chi connectivity index (χ2n) is 5.41. The van der Waals surface area contributed by atoms with Gasteiger partial charge in [0.05, 0.1) is 11.6 Å². The molecule has 3 nitrogen and oxygen atoms in total. The summed E-state index contributed by atoms with van der Waals surface area (Å²) in [6.45, 7) is 0. The molecule has 2 rings (SSSR count). The summed E-state index contributed by atoms with van der Waals surface area (Å²) >= 11 is 1.23. The van der Waals surface area contributed by atoms with E-state index in [9.17, 15) is 31.4 Å². The summed E-state index contributed by atoms with van der Waals surface area (Å²) in [6.07, 6.45) is -10.0. The van der Waals surface area contributed by atoms with Gasteiger partial charge in [0, 0.05) is 24.6 Å². The number of rotatable bonds is 3. The lowest BCUT2D eigenvalue weighted by Gasteiger charge is -2.32. The number of aliphatic hydroxyl groups is 1. The van der Waals surface area contributed by atoms with Crippen LogP contribution < -0.4 is 4.31 Å². The fourth-order valence-electron chi connectivity index (χ4n) is 2.02. The van der Waals surface area contributed by atoms with Crippen molar-refractivity contribution in [1.29, 1.82) is 5.26 Å². The summed E-state index contributed by atoms with van der Waals surface area (Å²) in [5.41, 5.74) is -5.02. The van der Waals surface area contributed by atoms with Crippen LogP contribution in [0.1, 0.15) is 11.1 Å². The Bertz CT molecular complexity index is 771. The van der Waals surface area contributed by atoms with E-state index in [1.165, 1.54) is 11.9 Å². The summed E-state index contributed by atoms with van der Waals surface area (Å²) in [5.74, 6) is 0. The van der Waals surface area contributed by atoms with Gasteiger partial charge in [-0.2, -0.15) is 31.6 Å². The SMILES string of the molecule is CSN(C)c1ccc(C(O)(C(F)(F)F)C(F)(F)F)cc1.N#Cc1ccccc1. The average Bonchev–Trinajstić information content (AvgIpc) is 2.66. The molecular formula is C18H16F6N2OS. The number of anilines is 1. The molecule has 0 amide bonds. The maximum atomic E-state index is 12.6. The topological polar surface area (TPSA) is 47.3 Å². The Labute approximate surface area is 162 Å². The zero-order chi connectivity index (χ0) is 21.6. The summed E-state index contributed by atoms with van der Waals surface area (Å²) < 4.78 is 77.3. The number of alkyl halides is 6. The lowest BCUT2D eigenvalue weighted by atomic mass is 9.92. The molecule has 0 spiro atoms. The first-order valence-corrected chi connectivity index (χ1v) is 8.76. The molecule has 2 aromatic rings. The second kappa shape index (κ2) is 9.21. The summed E-state index contributed by atoms with van der Waals surface area (Å²) in [6, 6.07) is 14.5. The Morgan fingerprint density at radius 3 is 1.68 bits per heavy atom. The van der Waals surface area contributed by atoms with Crippen molar-refractivity contribution >= 4 is 17.6 Å². The Kier molecular flexibility index (Phi) is 7.78. The van der Waals surface area contributed by atoms with Crippen LogP contribution in [0.15, 0.2) is 54.6 Å². The standard InChI is InChI=1S/C11H11F6NOS.C7H5N/c1-18(20-2)8-5-3-7(4-6-8)9(19,10(12,13)14)11(15,16)17;8-6-7-4-2-1-3-5-7/h3-6,19H,1-2H3;1-5H. The van der Waals surface area contributed by atoms with E-state index in [0.717, 1.165) is 12.1 Å². The van der Waals surface area contributed by atoms with Gasteiger partial charge < -0.3 is 9.41 Å². The van der Waals surface area contributed by atoms with E-state index < -0.39 is 23.5 Å². The van der Waals surface area contributed by atoms with Crippen molar-refractivity contribution in [2.45, 2.75) is 18.0 Å². The Morgan fingerprint density at radius 2 is 1.36 bits per heavy atom. The molecule has 0 aliphatic rings. The molecule has 2 aromatic carbocycles. The third kappa shape index (κ3) is 5.33. The lowest BCUT2D eigenvalue weighted by Crippen LogP contribution is -2.53. The maximum absolute atomic E-state index is 12.6. The van der Waals surface area contributed by atoms with Crippen molar-refractivity contribution in [3.63, 3.8) is 0 Å². The van der Waals surface area contributed by atoms with E-state index in [-0.39, 0.29) is 0 Å². The molecule has 0 radical (unpaired) electrons. The van der Waals surface area contributed by atoms with Gasteiger partial charge in [-0.3, -0.25) is 0 Å². The van der Waals surface area contributed by atoms with E-state index in [0.29, 0.717) is 23.4 Å². The van der Waals surface area contributed by atoms with E-state index >= 15 is 0 Å². The number of nitrogens with zero attached hydrogens (tertiary/aromatic N) is 2. The number of benzene rings is 2. The molecule has 0 bridgehead atoms. The molecule has 0 unspecified atom stereocenters. The molecule has 152 valence electrons.